The molecule has 5 heteroatoms. The van der Waals surface area contributed by atoms with Crippen LogP contribution >= 0.6 is 0 Å². The minimum atomic E-state index is -0.279. The fourth-order valence-electron chi connectivity index (χ4n) is 3.36. The largest absolute Gasteiger partial charge is 0.457 e. The van der Waals surface area contributed by atoms with E-state index in [-0.39, 0.29) is 5.82 Å². The molecule has 2 aromatic heterocycles. The maximum Gasteiger partial charge on any atom is 0.138 e. The highest BCUT2D eigenvalue weighted by Crippen LogP contribution is 2.33. The molecule has 0 radical (unpaired) electrons. The first-order valence-electron chi connectivity index (χ1n) is 9.86. The number of halogens is 1. The number of aromatic nitrogens is 3. The van der Waals surface area contributed by atoms with Crippen LogP contribution in [-0.2, 0) is 0 Å². The molecule has 0 amide bonds. The average Bonchev–Trinajstić information content (AvgIpc) is 3.27. The first kappa shape index (κ1) is 18.8. The molecule has 0 aliphatic heterocycles. The van der Waals surface area contributed by atoms with E-state index < -0.39 is 0 Å². The summed E-state index contributed by atoms with van der Waals surface area (Å²) in [5.74, 6) is 1.97. The van der Waals surface area contributed by atoms with Gasteiger partial charge in [0.25, 0.3) is 0 Å². The molecule has 0 atom stereocenters. The Bertz CT molecular complexity index is 1280. The number of imidazole rings is 1. The molecule has 0 saturated heterocycles. The third-order valence-corrected chi connectivity index (χ3v) is 4.90. The molecular formula is C26H18FN3O. The number of nitrogens with one attached hydrogen (secondary N) is 1. The van der Waals surface area contributed by atoms with E-state index in [1.807, 2.05) is 66.7 Å². The fourth-order valence-corrected chi connectivity index (χ4v) is 3.36. The van der Waals surface area contributed by atoms with Gasteiger partial charge >= 0.3 is 0 Å². The third kappa shape index (κ3) is 4.07. The molecule has 0 aliphatic rings. The van der Waals surface area contributed by atoms with Crippen molar-refractivity contribution in [3.05, 3.63) is 109 Å². The molecule has 5 rings (SSSR count). The Morgan fingerprint density at radius 2 is 1.29 bits per heavy atom. The lowest BCUT2D eigenvalue weighted by Gasteiger charge is -2.05. The molecule has 1 N–H and O–H groups in total. The molecular weight excluding hydrogens is 389 g/mol. The Hall–Kier alpha value is -4.25. The molecule has 0 fully saturated rings. The van der Waals surface area contributed by atoms with Gasteiger partial charge < -0.3 is 9.72 Å². The van der Waals surface area contributed by atoms with Crippen LogP contribution < -0.4 is 4.74 Å². The van der Waals surface area contributed by atoms with E-state index in [0.29, 0.717) is 0 Å². The van der Waals surface area contributed by atoms with Crippen LogP contribution in [0.4, 0.5) is 4.39 Å². The van der Waals surface area contributed by atoms with Gasteiger partial charge in [0, 0.05) is 29.1 Å². The number of benzene rings is 3. The van der Waals surface area contributed by atoms with Crippen molar-refractivity contribution in [3.8, 4) is 45.4 Å². The van der Waals surface area contributed by atoms with Crippen LogP contribution in [0, 0.1) is 5.82 Å². The summed E-state index contributed by atoms with van der Waals surface area (Å²) in [6.45, 7) is 0. The summed E-state index contributed by atoms with van der Waals surface area (Å²) in [6.07, 6.45) is 3.47. The summed E-state index contributed by atoms with van der Waals surface area (Å²) in [6, 6.07) is 27.6. The lowest BCUT2D eigenvalue weighted by Crippen LogP contribution is -1.85. The second kappa shape index (κ2) is 8.24. The Kier molecular flexibility index (Phi) is 4.99. The summed E-state index contributed by atoms with van der Waals surface area (Å²) in [7, 11) is 0. The van der Waals surface area contributed by atoms with E-state index in [0.717, 1.165) is 45.4 Å². The molecule has 0 saturated carbocycles. The number of nitrogens with zero attached hydrogens (tertiary/aromatic N) is 2. The van der Waals surface area contributed by atoms with Crippen molar-refractivity contribution in [2.24, 2.45) is 0 Å². The zero-order valence-corrected chi connectivity index (χ0v) is 16.5. The summed E-state index contributed by atoms with van der Waals surface area (Å²) >= 11 is 0. The minimum Gasteiger partial charge on any atom is -0.457 e. The Balaban J connectivity index is 1.51. The molecule has 0 bridgehead atoms. The summed E-state index contributed by atoms with van der Waals surface area (Å²) < 4.78 is 19.3. The number of rotatable bonds is 5. The van der Waals surface area contributed by atoms with Crippen molar-refractivity contribution in [2.45, 2.75) is 0 Å². The van der Waals surface area contributed by atoms with Crippen LogP contribution in [0.25, 0.3) is 33.9 Å². The monoisotopic (exact) mass is 407 g/mol. The highest BCUT2D eigenvalue weighted by atomic mass is 19.1. The van der Waals surface area contributed by atoms with E-state index in [1.54, 1.807) is 24.5 Å². The quantitative estimate of drug-likeness (QED) is 0.351. The minimum absolute atomic E-state index is 0.279. The van der Waals surface area contributed by atoms with Crippen molar-refractivity contribution in [3.63, 3.8) is 0 Å². The van der Waals surface area contributed by atoms with Crippen LogP contribution in [-0.4, -0.2) is 15.0 Å². The molecule has 150 valence electrons. The number of pyridine rings is 1. The van der Waals surface area contributed by atoms with Crippen molar-refractivity contribution < 1.29 is 9.13 Å². The van der Waals surface area contributed by atoms with Crippen LogP contribution in [0.5, 0.6) is 11.5 Å². The lowest BCUT2D eigenvalue weighted by molar-refractivity contribution is 0.483. The van der Waals surface area contributed by atoms with Gasteiger partial charge in [0.1, 0.15) is 23.1 Å². The molecule has 3 aromatic carbocycles. The van der Waals surface area contributed by atoms with Crippen LogP contribution in [0.2, 0.25) is 0 Å². The summed E-state index contributed by atoms with van der Waals surface area (Å²) in [4.78, 5) is 12.4. The van der Waals surface area contributed by atoms with Gasteiger partial charge in [-0.05, 0) is 72.8 Å². The van der Waals surface area contributed by atoms with Gasteiger partial charge in [-0.25, -0.2) is 9.37 Å². The molecule has 0 spiro atoms. The molecule has 2 heterocycles. The normalized spacial score (nSPS) is 10.7. The molecule has 0 unspecified atom stereocenters. The number of ether oxygens (including phenoxy) is 1. The summed E-state index contributed by atoms with van der Waals surface area (Å²) in [5.41, 5.74) is 4.32. The van der Waals surface area contributed by atoms with Gasteiger partial charge in [0.15, 0.2) is 0 Å². The number of para-hydroxylation sites is 1. The first-order chi connectivity index (χ1) is 15.3. The third-order valence-electron chi connectivity index (χ3n) is 4.90. The highest BCUT2D eigenvalue weighted by Gasteiger charge is 2.15. The topological polar surface area (TPSA) is 50.8 Å². The predicted octanol–water partition coefficient (Wildman–Crippen LogP) is 6.74. The Labute approximate surface area is 179 Å². The van der Waals surface area contributed by atoms with Crippen LogP contribution in [0.3, 0.4) is 0 Å². The lowest BCUT2D eigenvalue weighted by atomic mass is 10.1. The first-order valence-corrected chi connectivity index (χ1v) is 9.86. The Morgan fingerprint density at radius 3 is 2.00 bits per heavy atom. The highest BCUT2D eigenvalue weighted by molar-refractivity contribution is 5.81. The van der Waals surface area contributed by atoms with Crippen LogP contribution in [0.15, 0.2) is 103 Å². The van der Waals surface area contributed by atoms with E-state index in [9.17, 15) is 4.39 Å². The van der Waals surface area contributed by atoms with Gasteiger partial charge in [0.05, 0.1) is 11.4 Å². The van der Waals surface area contributed by atoms with Gasteiger partial charge in [-0.1, -0.05) is 18.2 Å². The number of hydrogen-bond donors (Lipinski definition) is 1. The van der Waals surface area contributed by atoms with E-state index >= 15 is 0 Å². The predicted molar refractivity (Wildman–Crippen MR) is 119 cm³/mol. The Morgan fingerprint density at radius 1 is 0.645 bits per heavy atom. The zero-order valence-electron chi connectivity index (χ0n) is 16.5. The number of aromatic amines is 1. The smallest absolute Gasteiger partial charge is 0.138 e. The van der Waals surface area contributed by atoms with E-state index in [1.165, 1.54) is 12.1 Å². The number of hydrogen-bond acceptors (Lipinski definition) is 3. The molecule has 31 heavy (non-hydrogen) atoms. The SMILES string of the molecule is Fc1ccc(-c2nc(-c3ccc(Oc4ccccc4)cc3)[nH]c2-c2ccncc2)cc1. The fraction of sp³-hybridized carbons (Fsp3) is 0. The van der Waals surface area contributed by atoms with Gasteiger partial charge in [-0.2, -0.15) is 0 Å². The average molecular weight is 407 g/mol. The van der Waals surface area contributed by atoms with Gasteiger partial charge in [-0.3, -0.25) is 4.98 Å². The standard InChI is InChI=1S/C26H18FN3O/c27-21-10-6-18(7-11-21)24-25(19-14-16-28-17-15-19)30-26(29-24)20-8-12-23(13-9-20)31-22-4-2-1-3-5-22/h1-17H,(H,29,30). The van der Waals surface area contributed by atoms with Gasteiger partial charge in [-0.15, -0.1) is 0 Å². The molecule has 5 aromatic rings. The van der Waals surface area contributed by atoms with Crippen molar-refractivity contribution in [1.82, 2.24) is 15.0 Å². The van der Waals surface area contributed by atoms with Gasteiger partial charge in [0.2, 0.25) is 0 Å². The molecule has 4 nitrogen and oxygen atoms in total. The van der Waals surface area contributed by atoms with Crippen molar-refractivity contribution in [1.29, 1.82) is 0 Å². The van der Waals surface area contributed by atoms with Crippen molar-refractivity contribution >= 4 is 0 Å². The molecule has 0 aliphatic carbocycles. The maximum absolute atomic E-state index is 13.4. The van der Waals surface area contributed by atoms with Crippen LogP contribution in [0.1, 0.15) is 0 Å². The van der Waals surface area contributed by atoms with E-state index in [2.05, 4.69) is 9.97 Å². The second-order valence-corrected chi connectivity index (χ2v) is 6.99. The second-order valence-electron chi connectivity index (χ2n) is 6.99. The maximum atomic E-state index is 13.4. The van der Waals surface area contributed by atoms with E-state index in [4.69, 9.17) is 9.72 Å². The zero-order chi connectivity index (χ0) is 21.0. The number of H-pyrrole nitrogens is 1. The summed E-state index contributed by atoms with van der Waals surface area (Å²) in [5, 5.41) is 0. The van der Waals surface area contributed by atoms with Crippen molar-refractivity contribution in [2.75, 3.05) is 0 Å².